The molecule has 2 aromatic heterocycles. The highest BCUT2D eigenvalue weighted by Gasteiger charge is 2.22. The first-order valence-corrected chi connectivity index (χ1v) is 9.41. The monoisotopic (exact) mass is 407 g/mol. The third kappa shape index (κ3) is 3.54. The predicted molar refractivity (Wildman–Crippen MR) is 113 cm³/mol. The normalized spacial score (nSPS) is 12.2. The van der Waals surface area contributed by atoms with Gasteiger partial charge in [0.2, 0.25) is 0 Å². The Morgan fingerprint density at radius 3 is 2.60 bits per heavy atom. The molecule has 8 nitrogen and oxygen atoms in total. The van der Waals surface area contributed by atoms with Crippen molar-refractivity contribution in [1.82, 2.24) is 9.55 Å². The van der Waals surface area contributed by atoms with Crippen LogP contribution in [0.15, 0.2) is 61.1 Å². The van der Waals surface area contributed by atoms with Gasteiger partial charge in [0.1, 0.15) is 18.5 Å². The Hall–Kier alpha value is -3.62. The van der Waals surface area contributed by atoms with Crippen LogP contribution in [0.3, 0.4) is 0 Å². The zero-order chi connectivity index (χ0) is 21.3. The van der Waals surface area contributed by atoms with Crippen molar-refractivity contribution in [3.63, 3.8) is 0 Å². The van der Waals surface area contributed by atoms with Crippen LogP contribution in [-0.2, 0) is 7.05 Å². The fourth-order valence-corrected chi connectivity index (χ4v) is 3.59. The fraction of sp³-hybridized carbons (Fsp3) is 0.182. The van der Waals surface area contributed by atoms with Gasteiger partial charge in [-0.05, 0) is 18.2 Å². The lowest BCUT2D eigenvalue weighted by atomic mass is 9.97. The SMILES string of the molecule is Cn1cc(-c2c[nH]cc2-c2cc(OC[C@H](O)CO)ccc2[N+](=O)[O-])c2ccccc21. The summed E-state index contributed by atoms with van der Waals surface area (Å²) in [6, 6.07) is 12.4. The van der Waals surface area contributed by atoms with Crippen LogP contribution in [0.5, 0.6) is 5.75 Å². The van der Waals surface area contributed by atoms with Crippen molar-refractivity contribution in [3.8, 4) is 28.0 Å². The number of aryl methyl sites for hydroxylation is 1. The Kier molecular flexibility index (Phi) is 5.26. The van der Waals surface area contributed by atoms with Gasteiger partial charge >= 0.3 is 0 Å². The quantitative estimate of drug-likeness (QED) is 0.321. The van der Waals surface area contributed by atoms with Crippen molar-refractivity contribution in [3.05, 3.63) is 71.2 Å². The highest BCUT2D eigenvalue weighted by atomic mass is 16.6. The van der Waals surface area contributed by atoms with Gasteiger partial charge in [-0.2, -0.15) is 0 Å². The van der Waals surface area contributed by atoms with Crippen molar-refractivity contribution in [2.24, 2.45) is 7.05 Å². The smallest absolute Gasteiger partial charge is 0.277 e. The van der Waals surface area contributed by atoms with Gasteiger partial charge in [0.05, 0.1) is 17.1 Å². The van der Waals surface area contributed by atoms with E-state index >= 15 is 0 Å². The second kappa shape index (κ2) is 8.02. The highest BCUT2D eigenvalue weighted by Crippen LogP contribution is 2.41. The molecule has 0 fully saturated rings. The number of aliphatic hydroxyl groups is 2. The van der Waals surface area contributed by atoms with E-state index in [1.54, 1.807) is 12.3 Å². The molecule has 0 amide bonds. The maximum Gasteiger partial charge on any atom is 0.277 e. The van der Waals surface area contributed by atoms with Gasteiger partial charge in [-0.1, -0.05) is 18.2 Å². The second-order valence-electron chi connectivity index (χ2n) is 7.04. The van der Waals surface area contributed by atoms with E-state index in [0.29, 0.717) is 16.9 Å². The fourth-order valence-electron chi connectivity index (χ4n) is 3.59. The van der Waals surface area contributed by atoms with Gasteiger partial charge in [-0.15, -0.1) is 0 Å². The van der Waals surface area contributed by atoms with Crippen LogP contribution in [0.25, 0.3) is 33.2 Å². The first-order chi connectivity index (χ1) is 14.5. The Morgan fingerprint density at radius 1 is 1.13 bits per heavy atom. The lowest BCUT2D eigenvalue weighted by Gasteiger charge is -2.12. The van der Waals surface area contributed by atoms with Crippen LogP contribution in [0, 0.1) is 10.1 Å². The molecule has 0 aliphatic rings. The lowest BCUT2D eigenvalue weighted by Crippen LogP contribution is -2.21. The topological polar surface area (TPSA) is 114 Å². The lowest BCUT2D eigenvalue weighted by molar-refractivity contribution is -0.384. The molecule has 0 spiro atoms. The molecule has 0 bridgehead atoms. The number of fused-ring (bicyclic) bond motifs is 1. The van der Waals surface area contributed by atoms with Gasteiger partial charge < -0.3 is 24.5 Å². The maximum atomic E-state index is 11.7. The number of nitrogens with zero attached hydrogens (tertiary/aromatic N) is 2. The maximum absolute atomic E-state index is 11.7. The van der Waals surface area contributed by atoms with Crippen LogP contribution in [0.4, 0.5) is 5.69 Å². The van der Waals surface area contributed by atoms with E-state index in [1.165, 1.54) is 12.1 Å². The van der Waals surface area contributed by atoms with Crippen molar-refractivity contribution >= 4 is 16.6 Å². The number of aromatic nitrogens is 2. The van der Waals surface area contributed by atoms with Gasteiger partial charge in [0.15, 0.2) is 0 Å². The number of aliphatic hydroxyl groups excluding tert-OH is 2. The minimum atomic E-state index is -1.03. The zero-order valence-corrected chi connectivity index (χ0v) is 16.3. The van der Waals surface area contributed by atoms with E-state index < -0.39 is 17.6 Å². The van der Waals surface area contributed by atoms with Gasteiger partial charge in [0.25, 0.3) is 5.69 Å². The van der Waals surface area contributed by atoms with E-state index in [1.807, 2.05) is 48.3 Å². The molecule has 0 aliphatic heterocycles. The van der Waals surface area contributed by atoms with E-state index in [-0.39, 0.29) is 12.3 Å². The largest absolute Gasteiger partial charge is 0.491 e. The third-order valence-electron chi connectivity index (χ3n) is 5.04. The van der Waals surface area contributed by atoms with Gasteiger partial charge in [-0.3, -0.25) is 10.1 Å². The van der Waals surface area contributed by atoms with Crippen molar-refractivity contribution in [1.29, 1.82) is 0 Å². The molecule has 2 heterocycles. The summed E-state index contributed by atoms with van der Waals surface area (Å²) < 4.78 is 7.52. The molecule has 30 heavy (non-hydrogen) atoms. The van der Waals surface area contributed by atoms with Gasteiger partial charge in [-0.25, -0.2) is 0 Å². The molecule has 2 aromatic carbocycles. The summed E-state index contributed by atoms with van der Waals surface area (Å²) in [5.41, 5.74) is 3.88. The number of nitrogens with one attached hydrogen (secondary N) is 1. The van der Waals surface area contributed by atoms with Crippen molar-refractivity contribution < 1.29 is 19.9 Å². The number of ether oxygens (including phenoxy) is 1. The Bertz CT molecular complexity index is 1210. The number of rotatable bonds is 7. The molecule has 0 saturated heterocycles. The molecule has 1 atom stereocenters. The van der Waals surface area contributed by atoms with E-state index in [0.717, 1.165) is 22.0 Å². The predicted octanol–water partition coefficient (Wildman–Crippen LogP) is 3.48. The molecule has 4 rings (SSSR count). The molecular formula is C22H21N3O5. The first kappa shape index (κ1) is 19.7. The summed E-state index contributed by atoms with van der Waals surface area (Å²) in [5.74, 6) is 0.369. The van der Waals surface area contributed by atoms with Crippen LogP contribution >= 0.6 is 0 Å². The Labute approximate surface area is 172 Å². The van der Waals surface area contributed by atoms with Crippen LogP contribution in [-0.4, -0.2) is 44.0 Å². The third-order valence-corrected chi connectivity index (χ3v) is 5.04. The summed E-state index contributed by atoms with van der Waals surface area (Å²) in [5, 5.41) is 31.2. The first-order valence-electron chi connectivity index (χ1n) is 9.41. The molecule has 0 saturated carbocycles. The molecule has 3 N–H and O–H groups in total. The van der Waals surface area contributed by atoms with E-state index in [9.17, 15) is 15.2 Å². The minimum absolute atomic E-state index is 0.0499. The number of hydrogen-bond acceptors (Lipinski definition) is 5. The summed E-state index contributed by atoms with van der Waals surface area (Å²) in [4.78, 5) is 14.3. The minimum Gasteiger partial charge on any atom is -0.491 e. The molecule has 0 aliphatic carbocycles. The molecule has 4 aromatic rings. The number of nitro groups is 1. The summed E-state index contributed by atoms with van der Waals surface area (Å²) in [7, 11) is 1.96. The van der Waals surface area contributed by atoms with Crippen LogP contribution in [0.2, 0.25) is 0 Å². The number of para-hydroxylation sites is 1. The molecular weight excluding hydrogens is 386 g/mol. The highest BCUT2D eigenvalue weighted by molar-refractivity contribution is 6.00. The average Bonchev–Trinajstić information content (AvgIpc) is 3.36. The molecule has 8 heteroatoms. The van der Waals surface area contributed by atoms with Crippen LogP contribution < -0.4 is 4.74 Å². The Balaban J connectivity index is 1.83. The second-order valence-corrected chi connectivity index (χ2v) is 7.04. The van der Waals surface area contributed by atoms with E-state index in [4.69, 9.17) is 9.84 Å². The number of benzene rings is 2. The summed E-state index contributed by atoms with van der Waals surface area (Å²) >= 11 is 0. The van der Waals surface area contributed by atoms with Crippen molar-refractivity contribution in [2.75, 3.05) is 13.2 Å². The standard InChI is InChI=1S/C22H21N3O5/c1-24-11-20(16-4-2-3-5-21(16)24)19-10-23-9-18(19)17-8-15(30-13-14(27)12-26)6-7-22(17)25(28)29/h2-11,14,23,26-27H,12-13H2,1H3/t14-/m1/s1. The number of nitro benzene ring substituents is 1. The van der Waals surface area contributed by atoms with Gasteiger partial charge in [0, 0.05) is 59.3 Å². The van der Waals surface area contributed by atoms with Crippen LogP contribution in [0.1, 0.15) is 0 Å². The average molecular weight is 407 g/mol. The molecule has 0 unspecified atom stereocenters. The summed E-state index contributed by atoms with van der Waals surface area (Å²) in [6.07, 6.45) is 4.53. The number of hydrogen-bond donors (Lipinski definition) is 3. The zero-order valence-electron chi connectivity index (χ0n) is 16.3. The van der Waals surface area contributed by atoms with Crippen molar-refractivity contribution in [2.45, 2.75) is 6.10 Å². The Morgan fingerprint density at radius 2 is 1.87 bits per heavy atom. The molecule has 154 valence electrons. The molecule has 0 radical (unpaired) electrons. The van der Waals surface area contributed by atoms with E-state index in [2.05, 4.69) is 4.98 Å². The number of H-pyrrole nitrogens is 1. The number of aromatic amines is 1. The summed E-state index contributed by atoms with van der Waals surface area (Å²) in [6.45, 7) is -0.542.